The summed E-state index contributed by atoms with van der Waals surface area (Å²) in [6.45, 7) is 3.10. The van der Waals surface area contributed by atoms with Crippen LogP contribution in [0.1, 0.15) is 18.2 Å². The van der Waals surface area contributed by atoms with E-state index in [1.165, 1.54) is 6.07 Å². The van der Waals surface area contributed by atoms with Gasteiger partial charge in [0.25, 0.3) is 5.56 Å². The standard InChI is InChI=1S/C11H16N2O3S/c1-3-17(15,16)10-6-8-7-13(2)5-4-9(8)12-11(10)14/h6H,3-5,7H2,1-2H3,(H,12,14). The third kappa shape index (κ3) is 2.28. The van der Waals surface area contributed by atoms with Gasteiger partial charge in [-0.2, -0.15) is 0 Å². The highest BCUT2D eigenvalue weighted by molar-refractivity contribution is 7.91. The molecule has 0 saturated carbocycles. The van der Waals surface area contributed by atoms with Gasteiger partial charge in [-0.25, -0.2) is 8.42 Å². The average molecular weight is 256 g/mol. The normalized spacial score (nSPS) is 16.8. The van der Waals surface area contributed by atoms with Gasteiger partial charge < -0.3 is 9.88 Å². The lowest BCUT2D eigenvalue weighted by molar-refractivity contribution is 0.309. The van der Waals surface area contributed by atoms with Gasteiger partial charge in [0.2, 0.25) is 0 Å². The topological polar surface area (TPSA) is 70.2 Å². The van der Waals surface area contributed by atoms with Crippen molar-refractivity contribution in [1.82, 2.24) is 9.88 Å². The van der Waals surface area contributed by atoms with Crippen molar-refractivity contribution >= 4 is 9.84 Å². The van der Waals surface area contributed by atoms with E-state index in [0.29, 0.717) is 6.54 Å². The van der Waals surface area contributed by atoms with Gasteiger partial charge >= 0.3 is 0 Å². The first-order valence-electron chi connectivity index (χ1n) is 5.60. The zero-order valence-corrected chi connectivity index (χ0v) is 10.8. The first-order chi connectivity index (χ1) is 7.94. The third-order valence-corrected chi connectivity index (χ3v) is 4.81. The number of nitrogens with zero attached hydrogens (tertiary/aromatic N) is 1. The van der Waals surface area contributed by atoms with Gasteiger partial charge in [-0.05, 0) is 18.7 Å². The van der Waals surface area contributed by atoms with Crippen LogP contribution in [-0.2, 0) is 22.8 Å². The zero-order valence-electron chi connectivity index (χ0n) is 9.99. The van der Waals surface area contributed by atoms with Gasteiger partial charge in [-0.3, -0.25) is 4.79 Å². The van der Waals surface area contributed by atoms with E-state index in [2.05, 4.69) is 9.88 Å². The molecule has 17 heavy (non-hydrogen) atoms. The van der Waals surface area contributed by atoms with Crippen molar-refractivity contribution in [1.29, 1.82) is 0 Å². The van der Waals surface area contributed by atoms with E-state index in [9.17, 15) is 13.2 Å². The number of aromatic amines is 1. The summed E-state index contributed by atoms with van der Waals surface area (Å²) >= 11 is 0. The van der Waals surface area contributed by atoms with Crippen LogP contribution in [0.25, 0.3) is 0 Å². The van der Waals surface area contributed by atoms with Crippen molar-refractivity contribution in [2.45, 2.75) is 24.8 Å². The molecule has 0 spiro atoms. The fourth-order valence-electron chi connectivity index (χ4n) is 2.01. The smallest absolute Gasteiger partial charge is 0.266 e. The highest BCUT2D eigenvalue weighted by Crippen LogP contribution is 2.17. The summed E-state index contributed by atoms with van der Waals surface area (Å²) in [5.74, 6) is -0.0509. The van der Waals surface area contributed by atoms with Crippen molar-refractivity contribution in [2.24, 2.45) is 0 Å². The molecule has 1 N–H and O–H groups in total. The quantitative estimate of drug-likeness (QED) is 0.818. The monoisotopic (exact) mass is 256 g/mol. The van der Waals surface area contributed by atoms with E-state index in [1.54, 1.807) is 6.92 Å². The molecular weight excluding hydrogens is 240 g/mol. The number of rotatable bonds is 2. The molecule has 0 bridgehead atoms. The van der Waals surface area contributed by atoms with E-state index in [4.69, 9.17) is 0 Å². The Morgan fingerprint density at radius 2 is 2.18 bits per heavy atom. The fraction of sp³-hybridized carbons (Fsp3) is 0.545. The van der Waals surface area contributed by atoms with Gasteiger partial charge in [-0.15, -0.1) is 0 Å². The summed E-state index contributed by atoms with van der Waals surface area (Å²) in [5, 5.41) is 0. The molecule has 2 heterocycles. The second kappa shape index (κ2) is 4.27. The molecule has 1 aromatic rings. The molecular formula is C11H16N2O3S. The first kappa shape index (κ1) is 12.3. The number of likely N-dealkylation sites (N-methyl/N-ethyl adjacent to an activating group) is 1. The van der Waals surface area contributed by atoms with Gasteiger partial charge in [-0.1, -0.05) is 6.92 Å². The molecule has 0 unspecified atom stereocenters. The van der Waals surface area contributed by atoms with Crippen LogP contribution in [0.5, 0.6) is 0 Å². The van der Waals surface area contributed by atoms with Crippen molar-refractivity contribution < 1.29 is 8.42 Å². The molecule has 0 aromatic carbocycles. The van der Waals surface area contributed by atoms with Crippen LogP contribution in [0.2, 0.25) is 0 Å². The number of pyridine rings is 1. The van der Waals surface area contributed by atoms with E-state index < -0.39 is 15.4 Å². The van der Waals surface area contributed by atoms with Gasteiger partial charge in [0.05, 0.1) is 5.75 Å². The van der Waals surface area contributed by atoms with Crippen molar-refractivity contribution in [2.75, 3.05) is 19.3 Å². The Hall–Kier alpha value is -1.14. The Labute approximate surface area is 100 Å². The van der Waals surface area contributed by atoms with Crippen LogP contribution < -0.4 is 5.56 Å². The summed E-state index contributed by atoms with van der Waals surface area (Å²) in [7, 11) is -1.47. The number of nitrogens with one attached hydrogen (secondary N) is 1. The predicted octanol–water partition coefficient (Wildman–Crippen LogP) is 0.156. The third-order valence-electron chi connectivity index (χ3n) is 3.08. The molecule has 0 atom stereocenters. The average Bonchev–Trinajstić information content (AvgIpc) is 2.28. The minimum absolute atomic E-state index is 0.0509. The largest absolute Gasteiger partial charge is 0.325 e. The van der Waals surface area contributed by atoms with Crippen LogP contribution in [0.4, 0.5) is 0 Å². The molecule has 1 aliphatic rings. The SMILES string of the molecule is CCS(=O)(=O)c1cc2c([nH]c1=O)CCN(C)C2. The summed E-state index contributed by atoms with van der Waals surface area (Å²) in [6, 6.07) is 1.53. The number of hydrogen-bond acceptors (Lipinski definition) is 4. The lowest BCUT2D eigenvalue weighted by atomic mass is 10.1. The molecule has 0 fully saturated rings. The number of fused-ring (bicyclic) bond motifs is 1. The highest BCUT2D eigenvalue weighted by Gasteiger charge is 2.21. The maximum absolute atomic E-state index is 11.8. The Kier molecular flexibility index (Phi) is 3.09. The minimum atomic E-state index is -3.44. The molecule has 6 heteroatoms. The van der Waals surface area contributed by atoms with E-state index in [0.717, 1.165) is 24.2 Å². The number of hydrogen-bond donors (Lipinski definition) is 1. The second-order valence-corrected chi connectivity index (χ2v) is 6.60. The van der Waals surface area contributed by atoms with E-state index in [-0.39, 0.29) is 10.6 Å². The maximum atomic E-state index is 11.8. The molecule has 0 aliphatic carbocycles. The Morgan fingerprint density at radius 3 is 2.82 bits per heavy atom. The first-order valence-corrected chi connectivity index (χ1v) is 7.25. The molecule has 1 aromatic heterocycles. The molecule has 0 saturated heterocycles. The molecule has 0 radical (unpaired) electrons. The van der Waals surface area contributed by atoms with Crippen molar-refractivity contribution in [3.63, 3.8) is 0 Å². The number of sulfone groups is 1. The van der Waals surface area contributed by atoms with Crippen molar-refractivity contribution in [3.8, 4) is 0 Å². The predicted molar refractivity (Wildman–Crippen MR) is 64.8 cm³/mol. The minimum Gasteiger partial charge on any atom is -0.325 e. The fourth-order valence-corrected chi connectivity index (χ4v) is 2.98. The van der Waals surface area contributed by atoms with Gasteiger partial charge in [0.15, 0.2) is 9.84 Å². The van der Waals surface area contributed by atoms with Crippen LogP contribution in [0.3, 0.4) is 0 Å². The lowest BCUT2D eigenvalue weighted by Gasteiger charge is -2.24. The van der Waals surface area contributed by atoms with Gasteiger partial charge in [0.1, 0.15) is 4.90 Å². The highest BCUT2D eigenvalue weighted by atomic mass is 32.2. The van der Waals surface area contributed by atoms with Gasteiger partial charge in [0, 0.05) is 25.2 Å². The Bertz CT molecular complexity index is 589. The molecule has 1 aliphatic heterocycles. The van der Waals surface area contributed by atoms with E-state index >= 15 is 0 Å². The van der Waals surface area contributed by atoms with Crippen LogP contribution >= 0.6 is 0 Å². The summed E-state index contributed by atoms with van der Waals surface area (Å²) < 4.78 is 23.5. The van der Waals surface area contributed by atoms with Crippen LogP contribution in [0, 0.1) is 0 Å². The Balaban J connectivity index is 2.58. The Morgan fingerprint density at radius 1 is 1.47 bits per heavy atom. The zero-order chi connectivity index (χ0) is 12.6. The second-order valence-electron chi connectivity index (χ2n) is 4.36. The summed E-state index contributed by atoms with van der Waals surface area (Å²) in [5.41, 5.74) is 1.28. The van der Waals surface area contributed by atoms with E-state index in [1.807, 2.05) is 7.05 Å². The summed E-state index contributed by atoms with van der Waals surface area (Å²) in [4.78, 5) is 16.4. The molecule has 5 nitrogen and oxygen atoms in total. The molecule has 94 valence electrons. The molecule has 0 amide bonds. The lowest BCUT2D eigenvalue weighted by Crippen LogP contribution is -2.31. The molecule has 2 rings (SSSR count). The van der Waals surface area contributed by atoms with Crippen LogP contribution in [0.15, 0.2) is 15.8 Å². The summed E-state index contributed by atoms with van der Waals surface area (Å²) in [6.07, 6.45) is 0.757. The number of H-pyrrole nitrogens is 1. The maximum Gasteiger partial charge on any atom is 0.266 e. The van der Waals surface area contributed by atoms with Crippen molar-refractivity contribution in [3.05, 3.63) is 27.7 Å². The number of aromatic nitrogens is 1. The van der Waals surface area contributed by atoms with Crippen LogP contribution in [-0.4, -0.2) is 37.6 Å².